The van der Waals surface area contributed by atoms with E-state index in [-0.39, 0.29) is 6.42 Å². The Morgan fingerprint density at radius 3 is 2.46 bits per heavy atom. The number of hydrogen-bond donors (Lipinski definition) is 2. The average molecular weight is 186 g/mol. The molecule has 0 heterocycles. The first-order valence-electron chi connectivity index (χ1n) is 4.69. The van der Waals surface area contributed by atoms with Crippen molar-refractivity contribution in [2.75, 3.05) is 0 Å². The van der Waals surface area contributed by atoms with Gasteiger partial charge in [-0.25, -0.2) is 0 Å². The van der Waals surface area contributed by atoms with E-state index in [0.29, 0.717) is 0 Å². The molecule has 0 spiro atoms. The van der Waals surface area contributed by atoms with Gasteiger partial charge >= 0.3 is 5.97 Å². The Labute approximate surface area is 79.1 Å². The number of aliphatic carboxylic acids is 1. The summed E-state index contributed by atoms with van der Waals surface area (Å²) >= 11 is 0. The Hall–Kier alpha value is -0.830. The van der Waals surface area contributed by atoms with Crippen LogP contribution in [-0.4, -0.2) is 22.3 Å². The highest BCUT2D eigenvalue weighted by molar-refractivity contribution is 5.66. The molecule has 2 N–H and O–H groups in total. The number of aliphatic hydroxyl groups excluding tert-OH is 1. The van der Waals surface area contributed by atoms with Crippen LogP contribution in [0.4, 0.5) is 0 Å². The SMILES string of the molecule is C=CC(O)CCCCCCC(=O)O. The van der Waals surface area contributed by atoms with Crippen LogP contribution in [0.15, 0.2) is 12.7 Å². The van der Waals surface area contributed by atoms with Crippen LogP contribution < -0.4 is 0 Å². The van der Waals surface area contributed by atoms with E-state index >= 15 is 0 Å². The lowest BCUT2D eigenvalue weighted by atomic mass is 10.1. The number of hydrogen-bond acceptors (Lipinski definition) is 2. The fourth-order valence-electron chi connectivity index (χ4n) is 1.10. The minimum absolute atomic E-state index is 0.254. The molecule has 0 bridgehead atoms. The van der Waals surface area contributed by atoms with Gasteiger partial charge in [-0.05, 0) is 12.8 Å². The molecule has 0 radical (unpaired) electrons. The van der Waals surface area contributed by atoms with Crippen LogP contribution in [0.3, 0.4) is 0 Å². The van der Waals surface area contributed by atoms with Crippen molar-refractivity contribution in [3.63, 3.8) is 0 Å². The van der Waals surface area contributed by atoms with Gasteiger partial charge in [-0.15, -0.1) is 6.58 Å². The Morgan fingerprint density at radius 1 is 1.31 bits per heavy atom. The summed E-state index contributed by atoms with van der Waals surface area (Å²) in [5, 5.41) is 17.4. The highest BCUT2D eigenvalue weighted by atomic mass is 16.4. The molecule has 0 aliphatic carbocycles. The summed E-state index contributed by atoms with van der Waals surface area (Å²) in [6.45, 7) is 3.47. The summed E-state index contributed by atoms with van der Waals surface area (Å²) in [5.41, 5.74) is 0. The smallest absolute Gasteiger partial charge is 0.303 e. The molecule has 0 fully saturated rings. The maximum Gasteiger partial charge on any atom is 0.303 e. The molecular weight excluding hydrogens is 168 g/mol. The molecule has 0 aliphatic rings. The fraction of sp³-hybridized carbons (Fsp3) is 0.700. The second-order valence-electron chi connectivity index (χ2n) is 3.15. The highest BCUT2D eigenvalue weighted by Crippen LogP contribution is 2.07. The molecule has 76 valence electrons. The van der Waals surface area contributed by atoms with Crippen LogP contribution in [0.1, 0.15) is 38.5 Å². The largest absolute Gasteiger partial charge is 0.481 e. The third-order valence-electron chi connectivity index (χ3n) is 1.91. The predicted octanol–water partition coefficient (Wildman–Crippen LogP) is 1.96. The molecule has 1 atom stereocenters. The molecule has 3 nitrogen and oxygen atoms in total. The second kappa shape index (κ2) is 7.80. The summed E-state index contributed by atoms with van der Waals surface area (Å²) in [7, 11) is 0. The average Bonchev–Trinajstić information content (AvgIpc) is 2.10. The third kappa shape index (κ3) is 9.08. The van der Waals surface area contributed by atoms with Crippen LogP contribution in [-0.2, 0) is 4.79 Å². The summed E-state index contributed by atoms with van der Waals surface area (Å²) in [6, 6.07) is 0. The van der Waals surface area contributed by atoms with Crippen molar-refractivity contribution in [1.29, 1.82) is 0 Å². The summed E-state index contributed by atoms with van der Waals surface area (Å²) in [6.07, 6.45) is 5.69. The molecule has 1 unspecified atom stereocenters. The van der Waals surface area contributed by atoms with E-state index in [1.54, 1.807) is 0 Å². The molecular formula is C10H18O3. The summed E-state index contributed by atoms with van der Waals surface area (Å²) < 4.78 is 0. The van der Waals surface area contributed by atoms with Crippen molar-refractivity contribution in [3.8, 4) is 0 Å². The van der Waals surface area contributed by atoms with E-state index in [2.05, 4.69) is 6.58 Å². The molecule has 0 aromatic carbocycles. The van der Waals surface area contributed by atoms with Crippen molar-refractivity contribution >= 4 is 5.97 Å². The summed E-state index contributed by atoms with van der Waals surface area (Å²) in [4.78, 5) is 10.1. The number of carbonyl (C=O) groups is 1. The minimum Gasteiger partial charge on any atom is -0.481 e. The molecule has 0 rings (SSSR count). The molecule has 13 heavy (non-hydrogen) atoms. The van der Waals surface area contributed by atoms with E-state index in [1.165, 1.54) is 6.08 Å². The van der Waals surface area contributed by atoms with Gasteiger partial charge in [0.05, 0.1) is 6.10 Å². The highest BCUT2D eigenvalue weighted by Gasteiger charge is 1.99. The van der Waals surface area contributed by atoms with Crippen molar-refractivity contribution < 1.29 is 15.0 Å². The lowest BCUT2D eigenvalue weighted by Crippen LogP contribution is -2.00. The first kappa shape index (κ1) is 12.2. The molecule has 0 aliphatic heterocycles. The second-order valence-corrected chi connectivity index (χ2v) is 3.15. The van der Waals surface area contributed by atoms with Gasteiger partial charge in [-0.1, -0.05) is 25.3 Å². The zero-order chi connectivity index (χ0) is 10.1. The van der Waals surface area contributed by atoms with E-state index in [9.17, 15) is 4.79 Å². The molecule has 0 aromatic rings. The monoisotopic (exact) mass is 186 g/mol. The molecule has 0 aromatic heterocycles. The number of rotatable bonds is 8. The Kier molecular flexibility index (Phi) is 7.30. The Balaban J connectivity index is 3.08. The zero-order valence-electron chi connectivity index (χ0n) is 7.91. The van der Waals surface area contributed by atoms with Crippen LogP contribution in [0.2, 0.25) is 0 Å². The number of unbranched alkanes of at least 4 members (excludes halogenated alkanes) is 3. The third-order valence-corrected chi connectivity index (χ3v) is 1.91. The fourth-order valence-corrected chi connectivity index (χ4v) is 1.10. The quantitative estimate of drug-likeness (QED) is 0.450. The number of carboxylic acids is 1. The lowest BCUT2D eigenvalue weighted by molar-refractivity contribution is -0.137. The predicted molar refractivity (Wildman–Crippen MR) is 51.5 cm³/mol. The molecule has 0 saturated heterocycles. The zero-order valence-corrected chi connectivity index (χ0v) is 7.91. The molecule has 3 heteroatoms. The molecule has 0 saturated carbocycles. The lowest BCUT2D eigenvalue weighted by Gasteiger charge is -2.03. The van der Waals surface area contributed by atoms with Crippen molar-refractivity contribution in [2.24, 2.45) is 0 Å². The van der Waals surface area contributed by atoms with Crippen molar-refractivity contribution in [2.45, 2.75) is 44.6 Å². The van der Waals surface area contributed by atoms with E-state index in [4.69, 9.17) is 10.2 Å². The first-order chi connectivity index (χ1) is 6.16. The van der Waals surface area contributed by atoms with Gasteiger partial charge in [0.25, 0.3) is 0 Å². The van der Waals surface area contributed by atoms with Gasteiger partial charge in [0.2, 0.25) is 0 Å². The van der Waals surface area contributed by atoms with Gasteiger partial charge in [-0.3, -0.25) is 4.79 Å². The van der Waals surface area contributed by atoms with Gasteiger partial charge in [0, 0.05) is 6.42 Å². The van der Waals surface area contributed by atoms with Crippen LogP contribution in [0, 0.1) is 0 Å². The van der Waals surface area contributed by atoms with Crippen LogP contribution in [0.25, 0.3) is 0 Å². The number of aliphatic hydroxyl groups is 1. The van der Waals surface area contributed by atoms with Crippen molar-refractivity contribution in [3.05, 3.63) is 12.7 Å². The van der Waals surface area contributed by atoms with Gasteiger partial charge < -0.3 is 10.2 Å². The van der Waals surface area contributed by atoms with Gasteiger partial charge in [-0.2, -0.15) is 0 Å². The standard InChI is InChI=1S/C10H18O3/c1-2-9(11)7-5-3-4-6-8-10(12)13/h2,9,11H,1,3-8H2,(H,12,13). The van der Waals surface area contributed by atoms with E-state index < -0.39 is 12.1 Å². The maximum absolute atomic E-state index is 10.1. The normalized spacial score (nSPS) is 12.4. The van der Waals surface area contributed by atoms with Gasteiger partial charge in [0.15, 0.2) is 0 Å². The van der Waals surface area contributed by atoms with Gasteiger partial charge in [0.1, 0.15) is 0 Å². The van der Waals surface area contributed by atoms with Crippen LogP contribution >= 0.6 is 0 Å². The van der Waals surface area contributed by atoms with Crippen molar-refractivity contribution in [1.82, 2.24) is 0 Å². The Bertz CT molecular complexity index is 154. The summed E-state index contributed by atoms with van der Waals surface area (Å²) in [5.74, 6) is -0.730. The van der Waals surface area contributed by atoms with E-state index in [0.717, 1.165) is 32.1 Å². The number of carboxylic acid groups (broad SMARTS) is 1. The Morgan fingerprint density at radius 2 is 1.92 bits per heavy atom. The first-order valence-corrected chi connectivity index (χ1v) is 4.69. The van der Waals surface area contributed by atoms with Crippen LogP contribution in [0.5, 0.6) is 0 Å². The maximum atomic E-state index is 10.1. The van der Waals surface area contributed by atoms with E-state index in [1.807, 2.05) is 0 Å². The molecule has 0 amide bonds. The minimum atomic E-state index is -0.730. The topological polar surface area (TPSA) is 57.5 Å².